The maximum absolute atomic E-state index is 10.4. The number of halogens is 1. The molecule has 0 saturated carbocycles. The van der Waals surface area contributed by atoms with Gasteiger partial charge in [0.15, 0.2) is 6.29 Å². The van der Waals surface area contributed by atoms with Crippen LogP contribution in [0.4, 0.5) is 0 Å². The summed E-state index contributed by atoms with van der Waals surface area (Å²) in [6.07, 6.45) is 2.54. The Balaban J connectivity index is 2.18. The zero-order valence-electron chi connectivity index (χ0n) is 7.93. The average molecular weight is 265 g/mol. The lowest BCUT2D eigenvalue weighted by atomic mass is 10.2. The molecule has 1 aromatic heterocycles. The molecule has 0 saturated heterocycles. The Morgan fingerprint density at radius 2 is 2.27 bits per heavy atom. The molecule has 0 N–H and O–H groups in total. The van der Waals surface area contributed by atoms with Crippen LogP contribution in [0.25, 0.3) is 0 Å². The van der Waals surface area contributed by atoms with Gasteiger partial charge in [-0.2, -0.15) is 5.10 Å². The minimum atomic E-state index is 0.463. The lowest BCUT2D eigenvalue weighted by Gasteiger charge is -2.01. The van der Waals surface area contributed by atoms with Crippen molar-refractivity contribution in [2.75, 3.05) is 0 Å². The molecular weight excluding hydrogens is 256 g/mol. The first-order chi connectivity index (χ1) is 7.28. The van der Waals surface area contributed by atoms with Crippen LogP contribution in [0.1, 0.15) is 16.1 Å². The molecule has 0 amide bonds. The summed E-state index contributed by atoms with van der Waals surface area (Å²) in [5, 5.41) is 4.09. The number of rotatable bonds is 3. The summed E-state index contributed by atoms with van der Waals surface area (Å²) in [5.41, 5.74) is 1.61. The Labute approximate surface area is 95.9 Å². The van der Waals surface area contributed by atoms with Gasteiger partial charge in [0.2, 0.25) is 0 Å². The first-order valence-corrected chi connectivity index (χ1v) is 5.30. The van der Waals surface area contributed by atoms with Crippen LogP contribution in [0.5, 0.6) is 0 Å². The van der Waals surface area contributed by atoms with Crippen molar-refractivity contribution in [1.29, 1.82) is 0 Å². The number of carbonyl (C=O) groups is 1. The number of carbonyl (C=O) groups excluding carboxylic acids is 1. The van der Waals surface area contributed by atoms with Crippen molar-refractivity contribution in [2.45, 2.75) is 6.54 Å². The molecule has 0 radical (unpaired) electrons. The molecule has 2 rings (SSSR count). The molecule has 0 spiro atoms. The van der Waals surface area contributed by atoms with E-state index in [0.717, 1.165) is 16.3 Å². The predicted octanol–water partition coefficient (Wildman–Crippen LogP) is 2.51. The third-order valence-corrected chi connectivity index (χ3v) is 2.51. The standard InChI is InChI=1S/C11H9BrN2O/c12-10-3-1-2-9(6-10)7-14-5-4-11(8-15)13-14/h1-6,8H,7H2. The largest absolute Gasteiger partial charge is 0.296 e. The molecule has 4 heteroatoms. The van der Waals surface area contributed by atoms with E-state index in [-0.39, 0.29) is 0 Å². The maximum Gasteiger partial charge on any atom is 0.170 e. The van der Waals surface area contributed by atoms with Gasteiger partial charge in [0.05, 0.1) is 6.54 Å². The lowest BCUT2D eigenvalue weighted by molar-refractivity contribution is 0.111. The molecule has 1 heterocycles. The Morgan fingerprint density at radius 1 is 1.40 bits per heavy atom. The van der Waals surface area contributed by atoms with E-state index in [2.05, 4.69) is 21.0 Å². The summed E-state index contributed by atoms with van der Waals surface area (Å²) in [5.74, 6) is 0. The molecule has 0 atom stereocenters. The van der Waals surface area contributed by atoms with Gasteiger partial charge < -0.3 is 0 Å². The number of nitrogens with zero attached hydrogens (tertiary/aromatic N) is 2. The normalized spacial score (nSPS) is 10.2. The van der Waals surface area contributed by atoms with Crippen molar-refractivity contribution in [3.05, 3.63) is 52.3 Å². The topological polar surface area (TPSA) is 34.9 Å². The molecule has 15 heavy (non-hydrogen) atoms. The minimum absolute atomic E-state index is 0.463. The zero-order valence-corrected chi connectivity index (χ0v) is 9.52. The fraction of sp³-hybridized carbons (Fsp3) is 0.0909. The van der Waals surface area contributed by atoms with Gasteiger partial charge in [-0.05, 0) is 23.8 Å². The monoisotopic (exact) mass is 264 g/mol. The summed E-state index contributed by atoms with van der Waals surface area (Å²) in [6, 6.07) is 9.70. The summed E-state index contributed by atoms with van der Waals surface area (Å²) in [4.78, 5) is 10.4. The van der Waals surface area contributed by atoms with Gasteiger partial charge in [-0.3, -0.25) is 9.48 Å². The van der Waals surface area contributed by atoms with Crippen molar-refractivity contribution in [1.82, 2.24) is 9.78 Å². The average Bonchev–Trinajstić information content (AvgIpc) is 2.65. The second kappa shape index (κ2) is 4.40. The van der Waals surface area contributed by atoms with E-state index >= 15 is 0 Å². The third kappa shape index (κ3) is 2.53. The van der Waals surface area contributed by atoms with E-state index < -0.39 is 0 Å². The van der Waals surface area contributed by atoms with E-state index in [9.17, 15) is 4.79 Å². The van der Waals surface area contributed by atoms with Gasteiger partial charge in [0, 0.05) is 10.7 Å². The predicted molar refractivity (Wildman–Crippen MR) is 60.9 cm³/mol. The highest BCUT2D eigenvalue weighted by Gasteiger charge is 1.98. The highest BCUT2D eigenvalue weighted by Crippen LogP contribution is 2.12. The van der Waals surface area contributed by atoms with E-state index in [0.29, 0.717) is 12.2 Å². The van der Waals surface area contributed by atoms with Crippen LogP contribution in [0.3, 0.4) is 0 Å². The van der Waals surface area contributed by atoms with E-state index in [1.54, 1.807) is 16.9 Å². The van der Waals surface area contributed by atoms with Crippen LogP contribution in [-0.2, 0) is 6.54 Å². The Bertz CT molecular complexity index is 479. The van der Waals surface area contributed by atoms with Crippen LogP contribution in [0.15, 0.2) is 41.0 Å². The van der Waals surface area contributed by atoms with Crippen LogP contribution >= 0.6 is 15.9 Å². The summed E-state index contributed by atoms with van der Waals surface area (Å²) < 4.78 is 2.79. The van der Waals surface area contributed by atoms with Crippen LogP contribution < -0.4 is 0 Å². The first-order valence-electron chi connectivity index (χ1n) is 4.51. The summed E-state index contributed by atoms with van der Waals surface area (Å²) in [7, 11) is 0. The van der Waals surface area contributed by atoms with Gasteiger partial charge in [-0.15, -0.1) is 0 Å². The molecular formula is C11H9BrN2O. The van der Waals surface area contributed by atoms with Gasteiger partial charge >= 0.3 is 0 Å². The molecule has 0 aliphatic heterocycles. The molecule has 0 unspecified atom stereocenters. The molecule has 2 aromatic rings. The van der Waals surface area contributed by atoms with E-state index in [1.807, 2.05) is 24.3 Å². The highest BCUT2D eigenvalue weighted by atomic mass is 79.9. The minimum Gasteiger partial charge on any atom is -0.296 e. The SMILES string of the molecule is O=Cc1ccn(Cc2cccc(Br)c2)n1. The van der Waals surface area contributed by atoms with Gasteiger partial charge in [-0.25, -0.2) is 0 Å². The smallest absolute Gasteiger partial charge is 0.170 e. The van der Waals surface area contributed by atoms with E-state index in [4.69, 9.17) is 0 Å². The highest BCUT2D eigenvalue weighted by molar-refractivity contribution is 9.10. The van der Waals surface area contributed by atoms with Crippen molar-refractivity contribution in [2.24, 2.45) is 0 Å². The molecule has 0 bridgehead atoms. The van der Waals surface area contributed by atoms with Crippen LogP contribution in [0.2, 0.25) is 0 Å². The first kappa shape index (κ1) is 10.1. The Morgan fingerprint density at radius 3 is 2.93 bits per heavy atom. The van der Waals surface area contributed by atoms with Gasteiger partial charge in [0.25, 0.3) is 0 Å². The number of hydrogen-bond acceptors (Lipinski definition) is 2. The molecule has 0 aliphatic carbocycles. The molecule has 3 nitrogen and oxygen atoms in total. The molecule has 0 aliphatic rings. The zero-order chi connectivity index (χ0) is 10.7. The van der Waals surface area contributed by atoms with Gasteiger partial charge in [-0.1, -0.05) is 28.1 Å². The number of aromatic nitrogens is 2. The second-order valence-corrected chi connectivity index (χ2v) is 4.10. The summed E-state index contributed by atoms with van der Waals surface area (Å²) in [6.45, 7) is 0.674. The van der Waals surface area contributed by atoms with Crippen molar-refractivity contribution >= 4 is 22.2 Å². The van der Waals surface area contributed by atoms with Crippen molar-refractivity contribution in [3.8, 4) is 0 Å². The van der Waals surface area contributed by atoms with Gasteiger partial charge in [0.1, 0.15) is 5.69 Å². The number of aldehydes is 1. The quantitative estimate of drug-likeness (QED) is 0.799. The second-order valence-electron chi connectivity index (χ2n) is 3.19. The maximum atomic E-state index is 10.4. The number of hydrogen-bond donors (Lipinski definition) is 0. The summed E-state index contributed by atoms with van der Waals surface area (Å²) >= 11 is 3.41. The van der Waals surface area contributed by atoms with Crippen molar-refractivity contribution < 1.29 is 4.79 Å². The van der Waals surface area contributed by atoms with Crippen LogP contribution in [0, 0.1) is 0 Å². The molecule has 1 aromatic carbocycles. The number of benzene rings is 1. The molecule has 0 fully saturated rings. The molecule has 76 valence electrons. The Kier molecular flexibility index (Phi) is 2.97. The Hall–Kier alpha value is -1.42. The van der Waals surface area contributed by atoms with E-state index in [1.165, 1.54) is 0 Å². The lowest BCUT2D eigenvalue weighted by Crippen LogP contribution is -2.00. The fourth-order valence-electron chi connectivity index (χ4n) is 1.35. The third-order valence-electron chi connectivity index (χ3n) is 2.02. The fourth-order valence-corrected chi connectivity index (χ4v) is 1.80. The van der Waals surface area contributed by atoms with Crippen molar-refractivity contribution in [3.63, 3.8) is 0 Å². The van der Waals surface area contributed by atoms with Crippen LogP contribution in [-0.4, -0.2) is 16.1 Å².